The van der Waals surface area contributed by atoms with E-state index in [0.717, 1.165) is 0 Å². The number of carbonyl (C=O) groups excluding carboxylic acids is 4. The first-order valence-corrected chi connectivity index (χ1v) is 16.9. The highest BCUT2D eigenvalue weighted by atomic mass is 16.6. The van der Waals surface area contributed by atoms with E-state index in [1.165, 1.54) is 0 Å². The van der Waals surface area contributed by atoms with Gasteiger partial charge >= 0.3 is 24.0 Å². The molecule has 0 saturated carbocycles. The van der Waals surface area contributed by atoms with Crippen molar-refractivity contribution in [1.82, 2.24) is 24.9 Å². The van der Waals surface area contributed by atoms with Crippen LogP contribution in [-0.4, -0.2) is 151 Å². The maximum atomic E-state index is 12.8. The van der Waals surface area contributed by atoms with Crippen molar-refractivity contribution in [2.45, 2.75) is 112 Å². The molecule has 0 radical (unpaired) electrons. The van der Waals surface area contributed by atoms with E-state index in [1.54, 1.807) is 0 Å². The molecule has 1 rings (SSSR count). The van der Waals surface area contributed by atoms with Gasteiger partial charge in [0.05, 0.1) is 19.6 Å². The van der Waals surface area contributed by atoms with Crippen LogP contribution in [0, 0.1) is 0 Å². The Hall–Kier alpha value is -2.48. The van der Waals surface area contributed by atoms with E-state index in [0.29, 0.717) is 71.9 Å². The van der Waals surface area contributed by atoms with Crippen molar-refractivity contribution >= 4 is 24.0 Å². The second kappa shape index (κ2) is 18.9. The molecule has 1 saturated heterocycles. The lowest BCUT2D eigenvalue weighted by Crippen LogP contribution is -2.49. The molecule has 1 amide bonds. The summed E-state index contributed by atoms with van der Waals surface area (Å²) in [6.45, 7) is 28.1. The average molecular weight is 672 g/mol. The smallest absolute Gasteiger partial charge is 0.407 e. The maximum absolute atomic E-state index is 12.8. The molecule has 0 atom stereocenters. The molecule has 1 heterocycles. The highest BCUT2D eigenvalue weighted by Gasteiger charge is 2.25. The zero-order valence-corrected chi connectivity index (χ0v) is 31.5. The highest BCUT2D eigenvalue weighted by Crippen LogP contribution is 2.12. The number of nitrogens with zero attached hydrogens (tertiary/aromatic N) is 4. The first-order valence-electron chi connectivity index (χ1n) is 16.9. The predicted molar refractivity (Wildman–Crippen MR) is 182 cm³/mol. The van der Waals surface area contributed by atoms with Gasteiger partial charge in [-0.05, 0) is 96.1 Å². The van der Waals surface area contributed by atoms with Crippen LogP contribution in [0.15, 0.2) is 0 Å². The molecule has 1 N–H and O–H groups in total. The van der Waals surface area contributed by atoms with Gasteiger partial charge < -0.3 is 29.2 Å². The SMILES string of the molecule is CC(C)(C)OC(=O)CN1CCN(CCCNC(=O)OC(C)(C)C)CCN(CC(=O)OC(C)(C)C)CCN(CC(=O)OC(C)(C)C)CC1. The van der Waals surface area contributed by atoms with Gasteiger partial charge in [0.15, 0.2) is 0 Å². The molecule has 13 heteroatoms. The van der Waals surface area contributed by atoms with E-state index in [9.17, 15) is 19.2 Å². The van der Waals surface area contributed by atoms with Gasteiger partial charge in [-0.2, -0.15) is 0 Å². The third-order valence-electron chi connectivity index (χ3n) is 6.57. The quantitative estimate of drug-likeness (QED) is 0.208. The zero-order valence-electron chi connectivity index (χ0n) is 31.5. The first-order chi connectivity index (χ1) is 21.4. The average Bonchev–Trinajstić information content (AvgIpc) is 2.83. The van der Waals surface area contributed by atoms with Crippen LogP contribution in [0.3, 0.4) is 0 Å². The summed E-state index contributed by atoms with van der Waals surface area (Å²) in [6.07, 6.45) is 0.246. The molecule has 0 aromatic rings. The molecule has 0 spiro atoms. The Morgan fingerprint density at radius 1 is 0.468 bits per heavy atom. The zero-order chi connectivity index (χ0) is 36.1. The molecule has 0 aliphatic carbocycles. The fraction of sp³-hybridized carbons (Fsp3) is 0.882. The van der Waals surface area contributed by atoms with Crippen LogP contribution in [0.5, 0.6) is 0 Å². The van der Waals surface area contributed by atoms with Crippen LogP contribution in [0.4, 0.5) is 4.79 Å². The number of carbonyl (C=O) groups is 4. The Labute approximate surface area is 283 Å². The largest absolute Gasteiger partial charge is 0.459 e. The molecule has 0 aromatic heterocycles. The van der Waals surface area contributed by atoms with Crippen LogP contribution < -0.4 is 5.32 Å². The summed E-state index contributed by atoms with van der Waals surface area (Å²) in [5.41, 5.74) is -2.38. The number of hydrogen-bond acceptors (Lipinski definition) is 12. The molecule has 1 fully saturated rings. The van der Waals surface area contributed by atoms with Crippen molar-refractivity contribution in [1.29, 1.82) is 0 Å². The molecule has 47 heavy (non-hydrogen) atoms. The standard InChI is InChI=1S/C34H65N5O8/c1-31(2,3)44-27(40)24-37-18-16-36(15-13-14-35-30(43)47-34(10,11)12)17-19-38(25-28(41)45-32(4,5)6)21-23-39(22-20-37)26-29(42)46-33(7,8)9/h13-26H2,1-12H3,(H,35,43). The van der Waals surface area contributed by atoms with Gasteiger partial charge in [-0.3, -0.25) is 29.1 Å². The van der Waals surface area contributed by atoms with E-state index >= 15 is 0 Å². The van der Waals surface area contributed by atoms with Gasteiger partial charge in [-0.1, -0.05) is 0 Å². The summed E-state index contributed by atoms with van der Waals surface area (Å²) in [7, 11) is 0. The van der Waals surface area contributed by atoms with Crippen molar-refractivity contribution in [3.05, 3.63) is 0 Å². The topological polar surface area (TPSA) is 130 Å². The predicted octanol–water partition coefficient (Wildman–Crippen LogP) is 3.15. The van der Waals surface area contributed by atoms with E-state index in [1.807, 2.05) is 88.0 Å². The maximum Gasteiger partial charge on any atom is 0.407 e. The van der Waals surface area contributed by atoms with Gasteiger partial charge in [0.2, 0.25) is 0 Å². The lowest BCUT2D eigenvalue weighted by molar-refractivity contribution is -0.158. The van der Waals surface area contributed by atoms with Gasteiger partial charge in [-0.25, -0.2) is 4.79 Å². The fourth-order valence-electron chi connectivity index (χ4n) is 4.75. The molecule has 1 aliphatic rings. The number of hydrogen-bond donors (Lipinski definition) is 1. The number of rotatable bonds is 10. The number of alkyl carbamates (subject to hydrolysis) is 1. The Morgan fingerprint density at radius 2 is 0.745 bits per heavy atom. The van der Waals surface area contributed by atoms with Crippen LogP contribution in [0.25, 0.3) is 0 Å². The van der Waals surface area contributed by atoms with Gasteiger partial charge in [0.1, 0.15) is 22.4 Å². The molecular formula is C34H65N5O8. The van der Waals surface area contributed by atoms with Gasteiger partial charge in [0.25, 0.3) is 0 Å². The molecule has 0 unspecified atom stereocenters. The third kappa shape index (κ3) is 23.5. The van der Waals surface area contributed by atoms with Crippen molar-refractivity contribution in [2.24, 2.45) is 0 Å². The Kier molecular flexibility index (Phi) is 17.1. The van der Waals surface area contributed by atoms with Gasteiger partial charge in [-0.15, -0.1) is 0 Å². The lowest BCUT2D eigenvalue weighted by Gasteiger charge is -2.34. The van der Waals surface area contributed by atoms with Crippen molar-refractivity contribution in [3.8, 4) is 0 Å². The van der Waals surface area contributed by atoms with E-state index in [4.69, 9.17) is 18.9 Å². The Morgan fingerprint density at radius 3 is 1.02 bits per heavy atom. The second-order valence-corrected chi connectivity index (χ2v) is 16.2. The number of ether oxygens (including phenoxy) is 4. The summed E-state index contributed by atoms with van der Waals surface area (Å²) < 4.78 is 22.2. The van der Waals surface area contributed by atoms with E-state index in [2.05, 4.69) is 20.0 Å². The minimum atomic E-state index is -0.610. The van der Waals surface area contributed by atoms with Crippen LogP contribution in [0.2, 0.25) is 0 Å². The summed E-state index contributed by atoms with van der Waals surface area (Å²) >= 11 is 0. The number of nitrogens with one attached hydrogen (secondary N) is 1. The molecule has 0 bridgehead atoms. The normalized spacial score (nSPS) is 17.6. The minimum absolute atomic E-state index is 0.0919. The minimum Gasteiger partial charge on any atom is -0.459 e. The second-order valence-electron chi connectivity index (χ2n) is 16.2. The summed E-state index contributed by atoms with van der Waals surface area (Å²) in [4.78, 5) is 59.1. The van der Waals surface area contributed by atoms with E-state index < -0.39 is 28.5 Å². The fourth-order valence-corrected chi connectivity index (χ4v) is 4.75. The molecule has 13 nitrogen and oxygen atoms in total. The van der Waals surface area contributed by atoms with E-state index in [-0.39, 0.29) is 37.5 Å². The highest BCUT2D eigenvalue weighted by molar-refractivity contribution is 5.73. The summed E-state index contributed by atoms with van der Waals surface area (Å²) in [5, 5.41) is 2.82. The third-order valence-corrected chi connectivity index (χ3v) is 6.57. The molecule has 0 aromatic carbocycles. The first kappa shape index (κ1) is 42.5. The van der Waals surface area contributed by atoms with Gasteiger partial charge in [0, 0.05) is 58.9 Å². The summed E-state index contributed by atoms with van der Waals surface area (Å²) in [6, 6.07) is 0. The monoisotopic (exact) mass is 671 g/mol. The van der Waals surface area contributed by atoms with Crippen molar-refractivity contribution in [3.63, 3.8) is 0 Å². The Bertz CT molecular complexity index is 948. The number of amides is 1. The molecular weight excluding hydrogens is 606 g/mol. The Balaban J connectivity index is 3.14. The molecule has 274 valence electrons. The number of esters is 3. The van der Waals surface area contributed by atoms with Crippen LogP contribution in [-0.2, 0) is 33.3 Å². The van der Waals surface area contributed by atoms with Crippen molar-refractivity contribution < 1.29 is 38.1 Å². The lowest BCUT2D eigenvalue weighted by atomic mass is 10.2. The summed E-state index contributed by atoms with van der Waals surface area (Å²) in [5.74, 6) is -0.937. The van der Waals surface area contributed by atoms with Crippen LogP contribution >= 0.6 is 0 Å². The van der Waals surface area contributed by atoms with Crippen LogP contribution in [0.1, 0.15) is 89.5 Å². The van der Waals surface area contributed by atoms with Crippen molar-refractivity contribution in [2.75, 3.05) is 85.1 Å². The molecule has 1 aliphatic heterocycles.